The minimum Gasteiger partial charge on any atom is -0.456 e. The van der Waals surface area contributed by atoms with Crippen LogP contribution in [0.4, 0.5) is 4.79 Å². The largest absolute Gasteiger partial charge is 0.511 e. The zero-order chi connectivity index (χ0) is 21.7. The third kappa shape index (κ3) is 4.85. The molecule has 0 bridgehead atoms. The van der Waals surface area contributed by atoms with Crippen molar-refractivity contribution in [2.45, 2.75) is 40.5 Å². The number of unbranched alkanes of at least 4 members (excludes halogenated alkanes) is 1. The summed E-state index contributed by atoms with van der Waals surface area (Å²) in [6, 6.07) is 11.8. The number of hydrogen-bond acceptors (Lipinski definition) is 5. The van der Waals surface area contributed by atoms with Crippen molar-refractivity contribution in [2.75, 3.05) is 13.4 Å². The maximum atomic E-state index is 11.8. The Morgan fingerprint density at radius 3 is 2.57 bits per heavy atom. The summed E-state index contributed by atoms with van der Waals surface area (Å²) in [5.41, 5.74) is 5.46. The lowest BCUT2D eigenvalue weighted by Gasteiger charge is -2.18. The lowest BCUT2D eigenvalue weighted by Crippen LogP contribution is -2.13. The van der Waals surface area contributed by atoms with Crippen LogP contribution in [0.15, 0.2) is 36.4 Å². The standard InChI is InChI=1S/C24H26ClNO4/c1-5-6-11-28-24(27)30-14-29-23-19-13-20(25)16(3)12-21(19)26-17(4)22(23)18-10-8-7-9-15(18)2/h7-10,12-13H,5-6,11,14H2,1-4H3. The minimum atomic E-state index is -0.746. The van der Waals surface area contributed by atoms with E-state index in [-0.39, 0.29) is 6.79 Å². The average molecular weight is 428 g/mol. The van der Waals surface area contributed by atoms with Gasteiger partial charge >= 0.3 is 6.16 Å². The first-order chi connectivity index (χ1) is 14.4. The van der Waals surface area contributed by atoms with Crippen LogP contribution < -0.4 is 4.74 Å². The van der Waals surface area contributed by atoms with E-state index in [9.17, 15) is 4.79 Å². The number of carbonyl (C=O) groups excluding carboxylic acids is 1. The highest BCUT2D eigenvalue weighted by Gasteiger charge is 2.19. The molecule has 0 N–H and O–H groups in total. The molecule has 3 aromatic rings. The molecule has 0 aliphatic carbocycles. The number of aromatic nitrogens is 1. The molecule has 0 aliphatic heterocycles. The number of hydrogen-bond donors (Lipinski definition) is 0. The lowest BCUT2D eigenvalue weighted by molar-refractivity contribution is 0.00489. The van der Waals surface area contributed by atoms with E-state index in [1.165, 1.54) is 0 Å². The molecule has 0 amide bonds. The molecule has 1 heterocycles. The van der Waals surface area contributed by atoms with Crippen molar-refractivity contribution in [3.05, 3.63) is 58.2 Å². The zero-order valence-electron chi connectivity index (χ0n) is 17.8. The van der Waals surface area contributed by atoms with E-state index in [1.807, 2.05) is 64.1 Å². The van der Waals surface area contributed by atoms with Gasteiger partial charge in [-0.3, -0.25) is 4.98 Å². The van der Waals surface area contributed by atoms with Gasteiger partial charge < -0.3 is 14.2 Å². The van der Waals surface area contributed by atoms with Gasteiger partial charge in [0.15, 0.2) is 0 Å². The number of ether oxygens (including phenoxy) is 3. The monoisotopic (exact) mass is 427 g/mol. The summed E-state index contributed by atoms with van der Waals surface area (Å²) in [4.78, 5) is 16.6. The fraction of sp³-hybridized carbons (Fsp3) is 0.333. The predicted octanol–water partition coefficient (Wildman–Crippen LogP) is 6.77. The summed E-state index contributed by atoms with van der Waals surface area (Å²) in [6.45, 7) is 7.99. The number of nitrogens with zero attached hydrogens (tertiary/aromatic N) is 1. The molecule has 5 nitrogen and oxygen atoms in total. The van der Waals surface area contributed by atoms with E-state index in [0.29, 0.717) is 17.4 Å². The van der Waals surface area contributed by atoms with Gasteiger partial charge in [-0.25, -0.2) is 4.79 Å². The predicted molar refractivity (Wildman–Crippen MR) is 119 cm³/mol. The van der Waals surface area contributed by atoms with Gasteiger partial charge in [0.25, 0.3) is 0 Å². The number of pyridine rings is 1. The van der Waals surface area contributed by atoms with Gasteiger partial charge in [0.1, 0.15) is 5.75 Å². The summed E-state index contributed by atoms with van der Waals surface area (Å²) in [5, 5.41) is 1.38. The number of fused-ring (bicyclic) bond motifs is 1. The number of halogens is 1. The van der Waals surface area contributed by atoms with Gasteiger partial charge in [0.2, 0.25) is 6.79 Å². The summed E-state index contributed by atoms with van der Waals surface area (Å²) in [5.74, 6) is 0.579. The van der Waals surface area contributed by atoms with Crippen LogP contribution in [-0.2, 0) is 9.47 Å². The van der Waals surface area contributed by atoms with E-state index in [1.54, 1.807) is 0 Å². The van der Waals surface area contributed by atoms with Gasteiger partial charge in [-0.2, -0.15) is 0 Å². The molecular weight excluding hydrogens is 402 g/mol. The van der Waals surface area contributed by atoms with Crippen molar-refractivity contribution in [3.63, 3.8) is 0 Å². The maximum Gasteiger partial charge on any atom is 0.511 e. The zero-order valence-corrected chi connectivity index (χ0v) is 18.5. The number of carbonyl (C=O) groups is 1. The van der Waals surface area contributed by atoms with Crippen LogP contribution in [0.25, 0.3) is 22.0 Å². The Balaban J connectivity index is 2.00. The maximum absolute atomic E-state index is 11.8. The van der Waals surface area contributed by atoms with Crippen LogP contribution in [0.5, 0.6) is 5.75 Å². The Labute approximate surface area is 181 Å². The molecule has 0 fully saturated rings. The molecule has 0 spiro atoms. The summed E-state index contributed by atoms with van der Waals surface area (Å²) in [7, 11) is 0. The molecule has 0 saturated heterocycles. The Hall–Kier alpha value is -2.79. The molecule has 0 aliphatic rings. The van der Waals surface area contributed by atoms with Gasteiger partial charge in [-0.1, -0.05) is 49.2 Å². The highest BCUT2D eigenvalue weighted by Crippen LogP contribution is 2.41. The molecule has 0 unspecified atom stereocenters. The molecule has 0 atom stereocenters. The summed E-state index contributed by atoms with van der Waals surface area (Å²) >= 11 is 6.40. The lowest BCUT2D eigenvalue weighted by atomic mass is 9.96. The van der Waals surface area contributed by atoms with E-state index < -0.39 is 6.16 Å². The molecule has 1 aromatic heterocycles. The van der Waals surface area contributed by atoms with Crippen molar-refractivity contribution in [3.8, 4) is 16.9 Å². The minimum absolute atomic E-state index is 0.270. The van der Waals surface area contributed by atoms with E-state index in [4.69, 9.17) is 30.8 Å². The smallest absolute Gasteiger partial charge is 0.456 e. The topological polar surface area (TPSA) is 57.7 Å². The second-order valence-electron chi connectivity index (χ2n) is 7.19. The molecule has 2 aromatic carbocycles. The van der Waals surface area contributed by atoms with Crippen molar-refractivity contribution in [1.82, 2.24) is 4.98 Å². The molecular formula is C24H26ClNO4. The van der Waals surface area contributed by atoms with Crippen LogP contribution in [0.1, 0.15) is 36.6 Å². The second kappa shape index (κ2) is 9.81. The molecule has 30 heavy (non-hydrogen) atoms. The molecule has 3 rings (SSSR count). The number of rotatable bonds is 7. The third-order valence-corrected chi connectivity index (χ3v) is 5.32. The van der Waals surface area contributed by atoms with E-state index >= 15 is 0 Å². The molecule has 158 valence electrons. The van der Waals surface area contributed by atoms with Crippen molar-refractivity contribution < 1.29 is 19.0 Å². The average Bonchev–Trinajstić information content (AvgIpc) is 2.70. The van der Waals surface area contributed by atoms with Crippen molar-refractivity contribution >= 4 is 28.7 Å². The van der Waals surface area contributed by atoms with Gasteiger partial charge in [-0.15, -0.1) is 0 Å². The van der Waals surface area contributed by atoms with E-state index in [2.05, 4.69) is 0 Å². The Bertz CT molecular complexity index is 1060. The first-order valence-electron chi connectivity index (χ1n) is 10.0. The number of benzene rings is 2. The fourth-order valence-corrected chi connectivity index (χ4v) is 3.44. The first-order valence-corrected chi connectivity index (χ1v) is 10.4. The van der Waals surface area contributed by atoms with Crippen LogP contribution in [0, 0.1) is 20.8 Å². The van der Waals surface area contributed by atoms with Crippen LogP contribution in [-0.4, -0.2) is 24.5 Å². The Kier molecular flexibility index (Phi) is 7.16. The van der Waals surface area contributed by atoms with Crippen LogP contribution in [0.2, 0.25) is 5.02 Å². The van der Waals surface area contributed by atoms with Gasteiger partial charge in [0.05, 0.1) is 12.1 Å². The Morgan fingerprint density at radius 2 is 1.83 bits per heavy atom. The van der Waals surface area contributed by atoms with E-state index in [0.717, 1.165) is 51.7 Å². The first kappa shape index (κ1) is 21.9. The SMILES string of the molecule is CCCCOC(=O)OCOc1c(-c2ccccc2C)c(C)nc2cc(C)c(Cl)cc12. The second-order valence-corrected chi connectivity index (χ2v) is 7.60. The van der Waals surface area contributed by atoms with Crippen molar-refractivity contribution in [1.29, 1.82) is 0 Å². The third-order valence-electron chi connectivity index (χ3n) is 4.91. The number of aryl methyl sites for hydroxylation is 3. The quantitative estimate of drug-likeness (QED) is 0.236. The fourth-order valence-electron chi connectivity index (χ4n) is 3.27. The van der Waals surface area contributed by atoms with Gasteiger partial charge in [0, 0.05) is 21.7 Å². The highest BCUT2D eigenvalue weighted by molar-refractivity contribution is 6.32. The van der Waals surface area contributed by atoms with Crippen LogP contribution in [0.3, 0.4) is 0 Å². The molecule has 0 radical (unpaired) electrons. The van der Waals surface area contributed by atoms with Crippen molar-refractivity contribution in [2.24, 2.45) is 0 Å². The highest BCUT2D eigenvalue weighted by atomic mass is 35.5. The molecule has 0 saturated carbocycles. The molecule has 6 heteroatoms. The Morgan fingerprint density at radius 1 is 1.07 bits per heavy atom. The van der Waals surface area contributed by atoms with Gasteiger partial charge in [-0.05, 0) is 56.0 Å². The normalized spacial score (nSPS) is 10.8. The summed E-state index contributed by atoms with van der Waals surface area (Å²) in [6.07, 6.45) is 0.982. The summed E-state index contributed by atoms with van der Waals surface area (Å²) < 4.78 is 16.1. The van der Waals surface area contributed by atoms with Crippen LogP contribution >= 0.6 is 11.6 Å².